The van der Waals surface area contributed by atoms with Crippen LogP contribution in [0.25, 0.3) is 16.9 Å². The standard InChI is InChI=1S/C19H17N5O2/c1-13-7-9-14(10-8-13)16(25)11-23-12-20-18-17(19(23)26)21-22-24(18)15-5-3-2-4-6-15/h2-10,12,16,25H,11H2,1H3/t16-/m0/s1. The molecule has 2 heterocycles. The first kappa shape index (κ1) is 16.2. The van der Waals surface area contributed by atoms with Crippen molar-refractivity contribution in [3.8, 4) is 5.69 Å². The van der Waals surface area contributed by atoms with Crippen LogP contribution in [0.2, 0.25) is 0 Å². The molecule has 130 valence electrons. The zero-order valence-corrected chi connectivity index (χ0v) is 14.1. The number of para-hydroxylation sites is 1. The summed E-state index contributed by atoms with van der Waals surface area (Å²) in [5.41, 5.74) is 2.87. The molecule has 4 rings (SSSR count). The van der Waals surface area contributed by atoms with Gasteiger partial charge in [-0.25, -0.2) is 4.98 Å². The molecule has 2 aromatic heterocycles. The topological polar surface area (TPSA) is 85.8 Å². The Morgan fingerprint density at radius 2 is 1.81 bits per heavy atom. The molecule has 0 saturated heterocycles. The zero-order chi connectivity index (χ0) is 18.1. The summed E-state index contributed by atoms with van der Waals surface area (Å²) in [6.45, 7) is 2.08. The summed E-state index contributed by atoms with van der Waals surface area (Å²) in [5.74, 6) is 0. The molecule has 4 aromatic rings. The Morgan fingerprint density at radius 1 is 1.08 bits per heavy atom. The molecule has 0 fully saturated rings. The molecule has 26 heavy (non-hydrogen) atoms. The van der Waals surface area contributed by atoms with E-state index < -0.39 is 6.10 Å². The van der Waals surface area contributed by atoms with Gasteiger partial charge in [-0.1, -0.05) is 53.2 Å². The number of aliphatic hydroxyl groups is 1. The molecule has 0 unspecified atom stereocenters. The number of aliphatic hydroxyl groups excluding tert-OH is 1. The number of benzene rings is 2. The van der Waals surface area contributed by atoms with Crippen LogP contribution in [0.5, 0.6) is 0 Å². The third-order valence-corrected chi connectivity index (χ3v) is 4.26. The Kier molecular flexibility index (Phi) is 4.06. The van der Waals surface area contributed by atoms with E-state index in [9.17, 15) is 9.90 Å². The minimum atomic E-state index is -0.809. The van der Waals surface area contributed by atoms with E-state index in [4.69, 9.17) is 0 Å². The van der Waals surface area contributed by atoms with Crippen LogP contribution in [-0.4, -0.2) is 29.7 Å². The Morgan fingerprint density at radius 3 is 2.54 bits per heavy atom. The number of nitrogens with zero attached hydrogens (tertiary/aromatic N) is 5. The van der Waals surface area contributed by atoms with Gasteiger partial charge in [-0.3, -0.25) is 9.36 Å². The maximum absolute atomic E-state index is 12.7. The van der Waals surface area contributed by atoms with Crippen LogP contribution >= 0.6 is 0 Å². The molecular formula is C19H17N5O2. The van der Waals surface area contributed by atoms with Gasteiger partial charge in [-0.2, -0.15) is 4.68 Å². The summed E-state index contributed by atoms with van der Waals surface area (Å²) < 4.78 is 2.88. The largest absolute Gasteiger partial charge is 0.387 e. The minimum absolute atomic E-state index is 0.100. The first-order valence-electron chi connectivity index (χ1n) is 8.24. The van der Waals surface area contributed by atoms with E-state index in [1.54, 1.807) is 0 Å². The second-order valence-corrected chi connectivity index (χ2v) is 6.14. The molecule has 1 atom stereocenters. The van der Waals surface area contributed by atoms with Gasteiger partial charge >= 0.3 is 0 Å². The van der Waals surface area contributed by atoms with Crippen LogP contribution in [0.3, 0.4) is 0 Å². The number of fused-ring (bicyclic) bond motifs is 1. The fourth-order valence-corrected chi connectivity index (χ4v) is 2.80. The van der Waals surface area contributed by atoms with Gasteiger partial charge in [0, 0.05) is 0 Å². The van der Waals surface area contributed by atoms with Crippen molar-refractivity contribution in [3.05, 3.63) is 82.4 Å². The Labute approximate surface area is 149 Å². The number of hydrogen-bond acceptors (Lipinski definition) is 5. The van der Waals surface area contributed by atoms with Crippen molar-refractivity contribution in [2.75, 3.05) is 0 Å². The van der Waals surface area contributed by atoms with E-state index in [2.05, 4.69) is 15.3 Å². The van der Waals surface area contributed by atoms with Crippen molar-refractivity contribution in [2.24, 2.45) is 0 Å². The van der Waals surface area contributed by atoms with Crippen molar-refractivity contribution in [2.45, 2.75) is 19.6 Å². The van der Waals surface area contributed by atoms with Crippen molar-refractivity contribution < 1.29 is 5.11 Å². The summed E-state index contributed by atoms with van der Waals surface area (Å²) in [4.78, 5) is 17.0. The van der Waals surface area contributed by atoms with Gasteiger partial charge in [0.05, 0.1) is 18.3 Å². The summed E-state index contributed by atoms with van der Waals surface area (Å²) in [6, 6.07) is 16.9. The lowest BCUT2D eigenvalue weighted by molar-refractivity contribution is 0.155. The molecule has 0 amide bonds. The summed E-state index contributed by atoms with van der Waals surface area (Å²) in [5, 5.41) is 18.4. The smallest absolute Gasteiger partial charge is 0.283 e. The number of hydrogen-bond donors (Lipinski definition) is 1. The van der Waals surface area contributed by atoms with Crippen LogP contribution in [0.4, 0.5) is 0 Å². The van der Waals surface area contributed by atoms with E-state index >= 15 is 0 Å². The first-order valence-corrected chi connectivity index (χ1v) is 8.24. The molecule has 0 spiro atoms. The molecule has 7 nitrogen and oxygen atoms in total. The molecule has 0 aliphatic heterocycles. The lowest BCUT2D eigenvalue weighted by atomic mass is 10.1. The average Bonchev–Trinajstić information content (AvgIpc) is 3.10. The van der Waals surface area contributed by atoms with Gasteiger partial charge in [0.1, 0.15) is 6.33 Å². The van der Waals surface area contributed by atoms with Crippen molar-refractivity contribution >= 4 is 11.2 Å². The third-order valence-electron chi connectivity index (χ3n) is 4.26. The van der Waals surface area contributed by atoms with Crippen LogP contribution in [0, 0.1) is 6.92 Å². The fraction of sp³-hybridized carbons (Fsp3) is 0.158. The van der Waals surface area contributed by atoms with Gasteiger partial charge in [0.2, 0.25) is 0 Å². The summed E-state index contributed by atoms with van der Waals surface area (Å²) in [7, 11) is 0. The van der Waals surface area contributed by atoms with E-state index in [1.165, 1.54) is 15.6 Å². The molecule has 0 aliphatic rings. The fourth-order valence-electron chi connectivity index (χ4n) is 2.80. The number of aryl methyl sites for hydroxylation is 1. The molecule has 0 saturated carbocycles. The lowest BCUT2D eigenvalue weighted by Gasteiger charge is -2.13. The van der Waals surface area contributed by atoms with Crippen molar-refractivity contribution in [1.82, 2.24) is 24.5 Å². The first-order chi connectivity index (χ1) is 12.6. The van der Waals surface area contributed by atoms with Crippen LogP contribution in [0.1, 0.15) is 17.2 Å². The lowest BCUT2D eigenvalue weighted by Crippen LogP contribution is -2.24. The predicted octanol–water partition coefficient (Wildman–Crippen LogP) is 2.02. The van der Waals surface area contributed by atoms with E-state index in [1.807, 2.05) is 61.5 Å². The maximum atomic E-state index is 12.7. The minimum Gasteiger partial charge on any atom is -0.387 e. The third kappa shape index (κ3) is 2.89. The summed E-state index contributed by atoms with van der Waals surface area (Å²) in [6.07, 6.45) is 0.613. The zero-order valence-electron chi connectivity index (χ0n) is 14.1. The molecule has 0 aliphatic carbocycles. The highest BCUT2D eigenvalue weighted by atomic mass is 16.3. The monoisotopic (exact) mass is 347 g/mol. The predicted molar refractivity (Wildman–Crippen MR) is 97.1 cm³/mol. The Hall–Kier alpha value is -3.32. The Bertz CT molecular complexity index is 1100. The van der Waals surface area contributed by atoms with E-state index in [0.29, 0.717) is 5.65 Å². The molecule has 7 heteroatoms. The molecule has 2 aromatic carbocycles. The van der Waals surface area contributed by atoms with Gasteiger partial charge in [-0.15, -0.1) is 5.10 Å². The van der Waals surface area contributed by atoms with Crippen molar-refractivity contribution in [1.29, 1.82) is 0 Å². The number of aromatic nitrogens is 5. The Balaban J connectivity index is 1.68. The van der Waals surface area contributed by atoms with Gasteiger partial charge in [0.25, 0.3) is 5.56 Å². The van der Waals surface area contributed by atoms with Crippen LogP contribution in [-0.2, 0) is 6.54 Å². The second kappa shape index (κ2) is 6.53. The van der Waals surface area contributed by atoms with Gasteiger partial charge < -0.3 is 5.11 Å². The molecule has 1 N–H and O–H groups in total. The highest BCUT2D eigenvalue weighted by Gasteiger charge is 2.15. The molecule has 0 bridgehead atoms. The molecular weight excluding hydrogens is 330 g/mol. The summed E-state index contributed by atoms with van der Waals surface area (Å²) >= 11 is 0. The second-order valence-electron chi connectivity index (χ2n) is 6.14. The van der Waals surface area contributed by atoms with E-state index in [0.717, 1.165) is 16.8 Å². The van der Waals surface area contributed by atoms with Crippen LogP contribution < -0.4 is 5.56 Å². The van der Waals surface area contributed by atoms with Crippen molar-refractivity contribution in [3.63, 3.8) is 0 Å². The van der Waals surface area contributed by atoms with E-state index in [-0.39, 0.29) is 17.6 Å². The highest BCUT2D eigenvalue weighted by Crippen LogP contribution is 2.16. The van der Waals surface area contributed by atoms with Crippen LogP contribution in [0.15, 0.2) is 65.7 Å². The SMILES string of the molecule is Cc1ccc([C@@H](O)Cn2cnc3c(nnn3-c3ccccc3)c2=O)cc1. The number of rotatable bonds is 4. The van der Waals surface area contributed by atoms with Gasteiger partial charge in [-0.05, 0) is 24.6 Å². The maximum Gasteiger partial charge on any atom is 0.283 e. The molecule has 0 radical (unpaired) electrons. The van der Waals surface area contributed by atoms with Gasteiger partial charge in [0.15, 0.2) is 11.2 Å². The average molecular weight is 347 g/mol. The normalized spacial score (nSPS) is 12.4. The highest BCUT2D eigenvalue weighted by molar-refractivity contribution is 5.70. The quantitative estimate of drug-likeness (QED) is 0.610.